The molecule has 32 heavy (non-hydrogen) atoms. The SMILES string of the molecule is Cc1cc(C)c2[nH]c(=O)c([C@@H](c3nnnn3C3CCCC3)N(C)C3CCCCC3)cc2c1. The number of nitrogens with zero attached hydrogens (tertiary/aromatic N) is 5. The zero-order chi connectivity index (χ0) is 22.2. The minimum atomic E-state index is -0.261. The molecule has 2 heterocycles. The summed E-state index contributed by atoms with van der Waals surface area (Å²) in [4.78, 5) is 19.0. The number of aromatic nitrogens is 5. The smallest absolute Gasteiger partial charge is 0.253 e. The normalized spacial score (nSPS) is 19.2. The van der Waals surface area contributed by atoms with E-state index < -0.39 is 0 Å². The number of nitrogens with one attached hydrogen (secondary N) is 1. The van der Waals surface area contributed by atoms with Crippen molar-refractivity contribution < 1.29 is 0 Å². The topological polar surface area (TPSA) is 79.7 Å². The molecule has 1 N–H and O–H groups in total. The second-order valence-corrected chi connectivity index (χ2v) is 9.88. The van der Waals surface area contributed by atoms with E-state index in [1.807, 2.05) is 4.68 Å². The average molecular weight is 435 g/mol. The first-order valence-electron chi connectivity index (χ1n) is 12.2. The number of H-pyrrole nitrogens is 1. The zero-order valence-electron chi connectivity index (χ0n) is 19.5. The van der Waals surface area contributed by atoms with Gasteiger partial charge in [-0.2, -0.15) is 0 Å². The molecule has 0 radical (unpaired) electrons. The summed E-state index contributed by atoms with van der Waals surface area (Å²) < 4.78 is 2.02. The maximum atomic E-state index is 13.5. The largest absolute Gasteiger partial charge is 0.321 e. The molecule has 1 aromatic carbocycles. The van der Waals surface area contributed by atoms with Crippen LogP contribution in [0.1, 0.15) is 92.4 Å². The molecule has 0 spiro atoms. The van der Waals surface area contributed by atoms with E-state index in [2.05, 4.69) is 64.5 Å². The van der Waals surface area contributed by atoms with Crippen LogP contribution in [0, 0.1) is 13.8 Å². The van der Waals surface area contributed by atoms with E-state index >= 15 is 0 Å². The summed E-state index contributed by atoms with van der Waals surface area (Å²) in [6, 6.07) is 6.83. The Bertz CT molecular complexity index is 1150. The van der Waals surface area contributed by atoms with Crippen molar-refractivity contribution in [2.75, 3.05) is 7.05 Å². The zero-order valence-corrected chi connectivity index (χ0v) is 19.5. The van der Waals surface area contributed by atoms with Gasteiger partial charge in [-0.05, 0) is 80.1 Å². The van der Waals surface area contributed by atoms with Crippen molar-refractivity contribution in [2.45, 2.75) is 89.8 Å². The molecule has 2 aromatic heterocycles. The monoisotopic (exact) mass is 434 g/mol. The molecule has 5 rings (SSSR count). The molecule has 1 atom stereocenters. The Hall–Kier alpha value is -2.54. The van der Waals surface area contributed by atoms with Gasteiger partial charge < -0.3 is 4.98 Å². The van der Waals surface area contributed by atoms with E-state index in [4.69, 9.17) is 0 Å². The maximum Gasteiger partial charge on any atom is 0.253 e. The van der Waals surface area contributed by atoms with Gasteiger partial charge in [-0.25, -0.2) is 4.68 Å². The van der Waals surface area contributed by atoms with Crippen LogP contribution in [0.2, 0.25) is 0 Å². The van der Waals surface area contributed by atoms with Crippen molar-refractivity contribution in [3.05, 3.63) is 51.1 Å². The highest BCUT2D eigenvalue weighted by Gasteiger charge is 2.34. The van der Waals surface area contributed by atoms with Gasteiger partial charge in [-0.15, -0.1) is 5.10 Å². The summed E-state index contributed by atoms with van der Waals surface area (Å²) in [7, 11) is 2.15. The summed E-state index contributed by atoms with van der Waals surface area (Å²) >= 11 is 0. The number of fused-ring (bicyclic) bond motifs is 1. The summed E-state index contributed by atoms with van der Waals surface area (Å²) in [5.41, 5.74) is 3.90. The van der Waals surface area contributed by atoms with Crippen LogP contribution >= 0.6 is 0 Å². The number of aryl methyl sites for hydroxylation is 2. The first-order chi connectivity index (χ1) is 15.5. The van der Waals surface area contributed by atoms with Gasteiger partial charge in [0.15, 0.2) is 5.82 Å². The Balaban J connectivity index is 1.66. The summed E-state index contributed by atoms with van der Waals surface area (Å²) in [5.74, 6) is 0.805. The Morgan fingerprint density at radius 1 is 1.03 bits per heavy atom. The summed E-state index contributed by atoms with van der Waals surface area (Å²) in [6.45, 7) is 4.15. The standard InChI is InChI=1S/C25H34N6O/c1-16-13-17(2)22-18(14-16)15-21(25(32)26-22)23(30(3)19-9-5-4-6-10-19)24-27-28-29-31(24)20-11-7-8-12-20/h13-15,19-20,23H,4-12H2,1-3H3,(H,26,32)/t23-/m0/s1. The van der Waals surface area contributed by atoms with Gasteiger partial charge in [0.2, 0.25) is 0 Å². The number of pyridine rings is 1. The first-order valence-corrected chi connectivity index (χ1v) is 12.2. The van der Waals surface area contributed by atoms with Crippen LogP contribution < -0.4 is 5.56 Å². The van der Waals surface area contributed by atoms with E-state index in [0.29, 0.717) is 12.1 Å². The lowest BCUT2D eigenvalue weighted by Crippen LogP contribution is -2.40. The highest BCUT2D eigenvalue weighted by Crippen LogP contribution is 2.36. The molecular formula is C25H34N6O. The molecule has 0 bridgehead atoms. The van der Waals surface area contributed by atoms with Crippen molar-refractivity contribution in [1.82, 2.24) is 30.1 Å². The Morgan fingerprint density at radius 3 is 2.50 bits per heavy atom. The van der Waals surface area contributed by atoms with E-state index in [1.165, 1.54) is 37.7 Å². The minimum absolute atomic E-state index is 0.0434. The van der Waals surface area contributed by atoms with Crippen LogP contribution in [0.4, 0.5) is 0 Å². The quantitative estimate of drug-likeness (QED) is 0.635. The molecule has 0 aliphatic heterocycles. The van der Waals surface area contributed by atoms with Gasteiger partial charge in [0.1, 0.15) is 6.04 Å². The summed E-state index contributed by atoms with van der Waals surface area (Å²) in [5, 5.41) is 14.1. The second-order valence-electron chi connectivity index (χ2n) is 9.88. The highest BCUT2D eigenvalue weighted by molar-refractivity contribution is 5.83. The molecule has 2 aliphatic rings. The van der Waals surface area contributed by atoms with Crippen LogP contribution in [-0.4, -0.2) is 43.2 Å². The van der Waals surface area contributed by atoms with Crippen LogP contribution in [0.3, 0.4) is 0 Å². The number of tetrazole rings is 1. The van der Waals surface area contributed by atoms with E-state index in [0.717, 1.165) is 53.5 Å². The van der Waals surface area contributed by atoms with Crippen molar-refractivity contribution in [1.29, 1.82) is 0 Å². The molecule has 170 valence electrons. The Labute approximate surface area is 189 Å². The molecule has 2 fully saturated rings. The second kappa shape index (κ2) is 8.77. The van der Waals surface area contributed by atoms with Gasteiger partial charge in [-0.1, -0.05) is 43.7 Å². The van der Waals surface area contributed by atoms with Crippen LogP contribution in [0.5, 0.6) is 0 Å². The number of hydrogen-bond donors (Lipinski definition) is 1. The summed E-state index contributed by atoms with van der Waals surface area (Å²) in [6.07, 6.45) is 10.7. The maximum absolute atomic E-state index is 13.5. The molecule has 2 saturated carbocycles. The third-order valence-electron chi connectivity index (χ3n) is 7.61. The Morgan fingerprint density at radius 2 is 1.75 bits per heavy atom. The van der Waals surface area contributed by atoms with Crippen molar-refractivity contribution >= 4 is 10.9 Å². The van der Waals surface area contributed by atoms with Crippen LogP contribution in [-0.2, 0) is 0 Å². The number of hydrogen-bond acceptors (Lipinski definition) is 5. The molecule has 7 heteroatoms. The highest BCUT2D eigenvalue weighted by atomic mass is 16.1. The van der Waals surface area contributed by atoms with Gasteiger partial charge in [0.25, 0.3) is 5.56 Å². The van der Waals surface area contributed by atoms with Gasteiger partial charge >= 0.3 is 0 Å². The van der Waals surface area contributed by atoms with Gasteiger partial charge in [0, 0.05) is 11.6 Å². The van der Waals surface area contributed by atoms with E-state index in [-0.39, 0.29) is 11.6 Å². The predicted molar refractivity (Wildman–Crippen MR) is 126 cm³/mol. The lowest BCUT2D eigenvalue weighted by molar-refractivity contribution is 0.147. The predicted octanol–water partition coefficient (Wildman–Crippen LogP) is 4.60. The van der Waals surface area contributed by atoms with Crippen molar-refractivity contribution in [2.24, 2.45) is 0 Å². The average Bonchev–Trinajstić information content (AvgIpc) is 3.47. The van der Waals surface area contributed by atoms with Crippen LogP contribution in [0.25, 0.3) is 10.9 Å². The lowest BCUT2D eigenvalue weighted by Gasteiger charge is -2.36. The number of rotatable bonds is 5. The number of aromatic amines is 1. The molecule has 0 unspecified atom stereocenters. The molecule has 7 nitrogen and oxygen atoms in total. The molecule has 2 aliphatic carbocycles. The Kier molecular flexibility index (Phi) is 5.84. The van der Waals surface area contributed by atoms with Crippen molar-refractivity contribution in [3.63, 3.8) is 0 Å². The van der Waals surface area contributed by atoms with E-state index in [9.17, 15) is 4.79 Å². The third-order valence-corrected chi connectivity index (χ3v) is 7.61. The fourth-order valence-electron chi connectivity index (χ4n) is 5.94. The minimum Gasteiger partial charge on any atom is -0.321 e. The van der Waals surface area contributed by atoms with Gasteiger partial charge in [0.05, 0.1) is 11.6 Å². The first kappa shape index (κ1) is 21.3. The number of benzene rings is 1. The molecule has 0 saturated heterocycles. The fraction of sp³-hybridized carbons (Fsp3) is 0.600. The molecule has 3 aromatic rings. The van der Waals surface area contributed by atoms with Crippen LogP contribution in [0.15, 0.2) is 23.0 Å². The van der Waals surface area contributed by atoms with Crippen molar-refractivity contribution in [3.8, 4) is 0 Å². The molecular weight excluding hydrogens is 400 g/mol. The van der Waals surface area contributed by atoms with E-state index in [1.54, 1.807) is 0 Å². The van der Waals surface area contributed by atoms with Gasteiger partial charge in [-0.3, -0.25) is 9.69 Å². The fourth-order valence-corrected chi connectivity index (χ4v) is 5.94. The lowest BCUT2D eigenvalue weighted by atomic mass is 9.92. The molecule has 0 amide bonds. The third kappa shape index (κ3) is 3.87.